The largest absolute Gasteiger partial charge is 0.0956 e. The van der Waals surface area contributed by atoms with E-state index in [0.29, 0.717) is 5.41 Å². The highest BCUT2D eigenvalue weighted by Gasteiger charge is 2.26. The average Bonchev–Trinajstić information content (AvgIpc) is 1.95. The third-order valence-electron chi connectivity index (χ3n) is 3.16. The number of hydrogen-bond donors (Lipinski definition) is 0. The number of allylic oxidation sites excluding steroid dienone is 3. The predicted octanol–water partition coefficient (Wildman–Crippen LogP) is 3.70. The van der Waals surface area contributed by atoms with Gasteiger partial charge in [-0.25, -0.2) is 0 Å². The highest BCUT2D eigenvalue weighted by Crippen LogP contribution is 2.41. The van der Waals surface area contributed by atoms with E-state index in [2.05, 4.69) is 34.3 Å². The van der Waals surface area contributed by atoms with Crippen molar-refractivity contribution in [2.75, 3.05) is 0 Å². The molecule has 0 aromatic rings. The summed E-state index contributed by atoms with van der Waals surface area (Å²) in [5.41, 5.74) is 4.70. The minimum atomic E-state index is 0.408. The van der Waals surface area contributed by atoms with Crippen molar-refractivity contribution in [3.63, 3.8) is 0 Å². The highest BCUT2D eigenvalue weighted by molar-refractivity contribution is 5.36. The molecule has 11 heavy (non-hydrogen) atoms. The second kappa shape index (κ2) is 2.51. The van der Waals surface area contributed by atoms with Gasteiger partial charge in [0.25, 0.3) is 0 Å². The van der Waals surface area contributed by atoms with Crippen LogP contribution in [0.1, 0.15) is 40.5 Å². The van der Waals surface area contributed by atoms with Gasteiger partial charge in [-0.05, 0) is 37.7 Å². The van der Waals surface area contributed by atoms with Crippen molar-refractivity contribution in [1.82, 2.24) is 0 Å². The summed E-state index contributed by atoms with van der Waals surface area (Å²) in [5.74, 6) is 0. The molecule has 0 amide bonds. The van der Waals surface area contributed by atoms with Gasteiger partial charge in [0.2, 0.25) is 0 Å². The molecule has 1 aliphatic carbocycles. The van der Waals surface area contributed by atoms with Gasteiger partial charge >= 0.3 is 0 Å². The van der Waals surface area contributed by atoms with Crippen molar-refractivity contribution in [1.29, 1.82) is 0 Å². The van der Waals surface area contributed by atoms with Gasteiger partial charge in [0.05, 0.1) is 0 Å². The Balaban J connectivity index is 3.07. The summed E-state index contributed by atoms with van der Waals surface area (Å²) in [5, 5.41) is 0. The second-order valence-corrected chi connectivity index (χ2v) is 4.24. The quantitative estimate of drug-likeness (QED) is 0.494. The molecular formula is C11H18. The standard InChI is InChI=1S/C11H18/c1-8-6-7-11(4,5)10(3)9(8)2/h1,6-7H2,2-5H3. The van der Waals surface area contributed by atoms with Crippen molar-refractivity contribution in [3.8, 4) is 0 Å². The first kappa shape index (κ1) is 8.58. The first-order chi connectivity index (χ1) is 4.95. The highest BCUT2D eigenvalue weighted by atomic mass is 14.3. The van der Waals surface area contributed by atoms with Crippen LogP contribution >= 0.6 is 0 Å². The van der Waals surface area contributed by atoms with Crippen molar-refractivity contribution in [3.05, 3.63) is 23.3 Å². The molecule has 0 unspecified atom stereocenters. The number of hydrogen-bond acceptors (Lipinski definition) is 0. The minimum Gasteiger partial charge on any atom is -0.0956 e. The van der Waals surface area contributed by atoms with Gasteiger partial charge in [0.15, 0.2) is 0 Å². The van der Waals surface area contributed by atoms with Crippen LogP contribution in [0.15, 0.2) is 23.3 Å². The summed E-state index contributed by atoms with van der Waals surface area (Å²) in [6.45, 7) is 13.1. The van der Waals surface area contributed by atoms with E-state index in [0.717, 1.165) is 0 Å². The molecule has 0 saturated heterocycles. The summed E-state index contributed by atoms with van der Waals surface area (Å²) < 4.78 is 0. The Morgan fingerprint density at radius 2 is 1.82 bits per heavy atom. The van der Waals surface area contributed by atoms with Gasteiger partial charge in [-0.1, -0.05) is 31.6 Å². The molecule has 0 N–H and O–H groups in total. The Morgan fingerprint density at radius 3 is 2.27 bits per heavy atom. The Bertz CT molecular complexity index is 216. The predicted molar refractivity (Wildman–Crippen MR) is 50.5 cm³/mol. The maximum Gasteiger partial charge on any atom is -0.0138 e. The van der Waals surface area contributed by atoms with Crippen molar-refractivity contribution in [2.45, 2.75) is 40.5 Å². The van der Waals surface area contributed by atoms with Crippen LogP contribution in [-0.2, 0) is 0 Å². The zero-order valence-corrected chi connectivity index (χ0v) is 8.12. The number of rotatable bonds is 0. The molecule has 0 aromatic carbocycles. The van der Waals surface area contributed by atoms with E-state index in [9.17, 15) is 0 Å². The van der Waals surface area contributed by atoms with Crippen LogP contribution in [0.2, 0.25) is 0 Å². The molecule has 1 rings (SSSR count). The van der Waals surface area contributed by atoms with Crippen LogP contribution in [-0.4, -0.2) is 0 Å². The molecular weight excluding hydrogens is 132 g/mol. The van der Waals surface area contributed by atoms with E-state index in [1.807, 2.05) is 0 Å². The molecule has 0 heterocycles. The van der Waals surface area contributed by atoms with Crippen LogP contribution in [0.4, 0.5) is 0 Å². The zero-order chi connectivity index (χ0) is 8.65. The molecule has 62 valence electrons. The Kier molecular flexibility index (Phi) is 1.96. The van der Waals surface area contributed by atoms with E-state index in [1.54, 1.807) is 0 Å². The third kappa shape index (κ3) is 1.40. The first-order valence-corrected chi connectivity index (χ1v) is 4.31. The van der Waals surface area contributed by atoms with Crippen LogP contribution in [0, 0.1) is 5.41 Å². The van der Waals surface area contributed by atoms with Crippen LogP contribution in [0.5, 0.6) is 0 Å². The van der Waals surface area contributed by atoms with Crippen LogP contribution in [0.25, 0.3) is 0 Å². The van der Waals surface area contributed by atoms with Gasteiger partial charge in [-0.15, -0.1) is 0 Å². The summed E-state index contributed by atoms with van der Waals surface area (Å²) in [4.78, 5) is 0. The molecule has 0 radical (unpaired) electrons. The zero-order valence-electron chi connectivity index (χ0n) is 8.12. The second-order valence-electron chi connectivity index (χ2n) is 4.24. The molecule has 0 spiro atoms. The first-order valence-electron chi connectivity index (χ1n) is 4.31. The molecule has 1 aliphatic rings. The van der Waals surface area contributed by atoms with Crippen LogP contribution < -0.4 is 0 Å². The lowest BCUT2D eigenvalue weighted by atomic mass is 9.72. The van der Waals surface area contributed by atoms with Gasteiger partial charge in [-0.2, -0.15) is 0 Å². The Labute approximate surface area is 70.0 Å². The molecule has 0 heteroatoms. The summed E-state index contributed by atoms with van der Waals surface area (Å²) in [6, 6.07) is 0. The summed E-state index contributed by atoms with van der Waals surface area (Å²) >= 11 is 0. The van der Waals surface area contributed by atoms with Gasteiger partial charge < -0.3 is 0 Å². The lowest BCUT2D eigenvalue weighted by molar-refractivity contribution is 0.391. The molecule has 0 aromatic heterocycles. The smallest absolute Gasteiger partial charge is 0.0138 e. The molecule has 0 bridgehead atoms. The Hall–Kier alpha value is -0.520. The van der Waals surface area contributed by atoms with E-state index < -0.39 is 0 Å². The van der Waals surface area contributed by atoms with E-state index in [1.165, 1.54) is 29.6 Å². The van der Waals surface area contributed by atoms with Gasteiger partial charge in [0.1, 0.15) is 0 Å². The van der Waals surface area contributed by atoms with E-state index in [4.69, 9.17) is 0 Å². The van der Waals surface area contributed by atoms with Gasteiger partial charge in [-0.3, -0.25) is 0 Å². The fraction of sp³-hybridized carbons (Fsp3) is 0.636. The van der Waals surface area contributed by atoms with E-state index >= 15 is 0 Å². The maximum atomic E-state index is 4.05. The van der Waals surface area contributed by atoms with Gasteiger partial charge in [0, 0.05) is 0 Å². The van der Waals surface area contributed by atoms with Crippen molar-refractivity contribution in [2.24, 2.45) is 5.41 Å². The molecule has 0 aliphatic heterocycles. The fourth-order valence-corrected chi connectivity index (χ4v) is 1.61. The normalized spacial score (nSPS) is 24.2. The minimum absolute atomic E-state index is 0.408. The molecule has 0 saturated carbocycles. The Morgan fingerprint density at radius 1 is 1.27 bits per heavy atom. The molecule has 0 fully saturated rings. The summed E-state index contributed by atoms with van der Waals surface area (Å²) in [7, 11) is 0. The average molecular weight is 150 g/mol. The lowest BCUT2D eigenvalue weighted by Crippen LogP contribution is -2.19. The topological polar surface area (TPSA) is 0 Å². The monoisotopic (exact) mass is 150 g/mol. The lowest BCUT2D eigenvalue weighted by Gasteiger charge is -2.33. The van der Waals surface area contributed by atoms with E-state index in [-0.39, 0.29) is 0 Å². The van der Waals surface area contributed by atoms with Crippen molar-refractivity contribution >= 4 is 0 Å². The maximum absolute atomic E-state index is 4.05. The van der Waals surface area contributed by atoms with Crippen LogP contribution in [0.3, 0.4) is 0 Å². The SMILES string of the molecule is C=C1CCC(C)(C)C(C)=C1C. The molecule has 0 nitrogen and oxygen atoms in total. The van der Waals surface area contributed by atoms with Crippen molar-refractivity contribution < 1.29 is 0 Å². The third-order valence-corrected chi connectivity index (χ3v) is 3.16. The fourth-order valence-electron chi connectivity index (χ4n) is 1.61. The molecule has 0 atom stereocenters. The summed E-state index contributed by atoms with van der Waals surface area (Å²) in [6.07, 6.45) is 2.44.